The summed E-state index contributed by atoms with van der Waals surface area (Å²) in [6, 6.07) is 7.01. The standard InChI is InChI=1S/C17H18N6O2S/c1-10(24)18-12-4-6-13(7-5-12)19-14(25)8-9-15-22-23-16(11-2-3-11)20-21-17(23)26-15/h4-7,11H,2-3,8-9H2,1H3,(H,18,24)(H,19,25). The number of anilines is 2. The molecule has 0 aliphatic heterocycles. The second kappa shape index (κ2) is 6.83. The van der Waals surface area contributed by atoms with E-state index in [1.165, 1.54) is 18.3 Å². The molecule has 1 saturated carbocycles. The Morgan fingerprint density at radius 3 is 2.50 bits per heavy atom. The molecule has 9 heteroatoms. The number of nitrogens with one attached hydrogen (secondary N) is 2. The lowest BCUT2D eigenvalue weighted by Crippen LogP contribution is -2.12. The normalized spacial score (nSPS) is 13.7. The molecule has 0 radical (unpaired) electrons. The number of benzene rings is 1. The Bertz CT molecular complexity index is 957. The van der Waals surface area contributed by atoms with Gasteiger partial charge in [0.25, 0.3) is 0 Å². The van der Waals surface area contributed by atoms with Crippen molar-refractivity contribution in [2.24, 2.45) is 0 Å². The fourth-order valence-electron chi connectivity index (χ4n) is 2.65. The summed E-state index contributed by atoms with van der Waals surface area (Å²) in [6.45, 7) is 1.45. The van der Waals surface area contributed by atoms with Crippen LogP contribution >= 0.6 is 11.3 Å². The average Bonchev–Trinajstić information content (AvgIpc) is 3.24. The first-order chi connectivity index (χ1) is 12.6. The summed E-state index contributed by atoms with van der Waals surface area (Å²) < 4.78 is 1.82. The summed E-state index contributed by atoms with van der Waals surface area (Å²) in [7, 11) is 0. The van der Waals surface area contributed by atoms with Crippen LogP contribution in [0.3, 0.4) is 0 Å². The fourth-order valence-corrected chi connectivity index (χ4v) is 3.49. The van der Waals surface area contributed by atoms with Gasteiger partial charge in [-0.1, -0.05) is 11.3 Å². The van der Waals surface area contributed by atoms with Crippen LogP contribution in [-0.2, 0) is 16.0 Å². The highest BCUT2D eigenvalue weighted by Crippen LogP contribution is 2.39. The number of rotatable bonds is 6. The second-order valence-electron chi connectivity index (χ2n) is 6.33. The molecule has 2 amide bonds. The van der Waals surface area contributed by atoms with Crippen molar-refractivity contribution < 1.29 is 9.59 Å². The molecule has 8 nitrogen and oxygen atoms in total. The van der Waals surface area contributed by atoms with Crippen molar-refractivity contribution in [2.75, 3.05) is 10.6 Å². The van der Waals surface area contributed by atoms with Gasteiger partial charge in [0.05, 0.1) is 0 Å². The zero-order chi connectivity index (χ0) is 18.1. The summed E-state index contributed by atoms with van der Waals surface area (Å²) in [6.07, 6.45) is 3.21. The second-order valence-corrected chi connectivity index (χ2v) is 7.37. The molecule has 2 aromatic heterocycles. The third-order valence-electron chi connectivity index (χ3n) is 4.05. The smallest absolute Gasteiger partial charge is 0.234 e. The number of amides is 2. The SMILES string of the molecule is CC(=O)Nc1ccc(NC(=O)CCc2nn3c(C4CC4)nnc3s2)cc1. The molecule has 2 N–H and O–H groups in total. The van der Waals surface area contributed by atoms with Crippen molar-refractivity contribution in [3.8, 4) is 0 Å². The van der Waals surface area contributed by atoms with Crippen molar-refractivity contribution in [1.29, 1.82) is 0 Å². The molecular formula is C17H18N6O2S. The first-order valence-corrected chi connectivity index (χ1v) is 9.28. The van der Waals surface area contributed by atoms with Crippen LogP contribution in [0.15, 0.2) is 24.3 Å². The number of fused-ring (bicyclic) bond motifs is 1. The summed E-state index contributed by atoms with van der Waals surface area (Å²) in [5.41, 5.74) is 1.39. The van der Waals surface area contributed by atoms with Crippen LogP contribution in [0.4, 0.5) is 11.4 Å². The highest BCUT2D eigenvalue weighted by atomic mass is 32.1. The molecule has 0 atom stereocenters. The number of carbonyl (C=O) groups is 2. The highest BCUT2D eigenvalue weighted by molar-refractivity contribution is 7.16. The maximum Gasteiger partial charge on any atom is 0.234 e. The monoisotopic (exact) mass is 370 g/mol. The van der Waals surface area contributed by atoms with Gasteiger partial charge in [0.15, 0.2) is 5.82 Å². The number of hydrogen-bond donors (Lipinski definition) is 2. The van der Waals surface area contributed by atoms with Gasteiger partial charge >= 0.3 is 0 Å². The summed E-state index contributed by atoms with van der Waals surface area (Å²) in [5, 5.41) is 19.3. The lowest BCUT2D eigenvalue weighted by atomic mass is 10.2. The zero-order valence-electron chi connectivity index (χ0n) is 14.2. The molecule has 0 spiro atoms. The molecule has 26 heavy (non-hydrogen) atoms. The Morgan fingerprint density at radius 2 is 1.85 bits per heavy atom. The Balaban J connectivity index is 1.33. The van der Waals surface area contributed by atoms with Crippen LogP contribution in [0.25, 0.3) is 4.96 Å². The number of carbonyl (C=O) groups excluding carboxylic acids is 2. The predicted molar refractivity (Wildman–Crippen MR) is 98.3 cm³/mol. The van der Waals surface area contributed by atoms with Crippen LogP contribution in [0.5, 0.6) is 0 Å². The van der Waals surface area contributed by atoms with Crippen LogP contribution < -0.4 is 10.6 Å². The van der Waals surface area contributed by atoms with Gasteiger partial charge in [-0.2, -0.15) is 9.61 Å². The Kier molecular flexibility index (Phi) is 4.37. The van der Waals surface area contributed by atoms with Gasteiger partial charge < -0.3 is 10.6 Å². The molecule has 134 valence electrons. The molecule has 0 saturated heterocycles. The largest absolute Gasteiger partial charge is 0.326 e. The van der Waals surface area contributed by atoms with Crippen LogP contribution in [0.1, 0.15) is 42.9 Å². The van der Waals surface area contributed by atoms with Gasteiger partial charge in [-0.05, 0) is 37.1 Å². The van der Waals surface area contributed by atoms with Crippen molar-refractivity contribution in [1.82, 2.24) is 19.8 Å². The molecule has 1 aliphatic rings. The van der Waals surface area contributed by atoms with E-state index in [0.29, 0.717) is 30.1 Å². The van der Waals surface area contributed by atoms with E-state index in [9.17, 15) is 9.59 Å². The van der Waals surface area contributed by atoms with E-state index in [4.69, 9.17) is 0 Å². The number of aryl methyl sites for hydroxylation is 1. The third-order valence-corrected chi connectivity index (χ3v) is 5.01. The van der Waals surface area contributed by atoms with Crippen LogP contribution in [-0.4, -0.2) is 31.6 Å². The molecule has 2 heterocycles. The minimum Gasteiger partial charge on any atom is -0.326 e. The van der Waals surface area contributed by atoms with E-state index in [-0.39, 0.29) is 11.8 Å². The quantitative estimate of drug-likeness (QED) is 0.694. The van der Waals surface area contributed by atoms with E-state index >= 15 is 0 Å². The number of aromatic nitrogens is 4. The average molecular weight is 370 g/mol. The molecule has 3 aromatic rings. The maximum absolute atomic E-state index is 12.1. The number of nitrogens with zero attached hydrogens (tertiary/aromatic N) is 4. The van der Waals surface area contributed by atoms with Crippen LogP contribution in [0.2, 0.25) is 0 Å². The van der Waals surface area contributed by atoms with Crippen molar-refractivity contribution in [3.05, 3.63) is 35.1 Å². The summed E-state index contributed by atoms with van der Waals surface area (Å²) in [5.74, 6) is 1.22. The fraction of sp³-hybridized carbons (Fsp3) is 0.353. The van der Waals surface area contributed by atoms with Gasteiger partial charge in [-0.3, -0.25) is 9.59 Å². The van der Waals surface area contributed by atoms with Gasteiger partial charge in [-0.15, -0.1) is 10.2 Å². The van der Waals surface area contributed by atoms with E-state index in [0.717, 1.165) is 28.6 Å². The summed E-state index contributed by atoms with van der Waals surface area (Å²) >= 11 is 1.48. The maximum atomic E-state index is 12.1. The Morgan fingerprint density at radius 1 is 1.15 bits per heavy atom. The lowest BCUT2D eigenvalue weighted by Gasteiger charge is -2.06. The first kappa shape index (κ1) is 16.6. The van der Waals surface area contributed by atoms with Crippen molar-refractivity contribution in [3.63, 3.8) is 0 Å². The van der Waals surface area contributed by atoms with Gasteiger partial charge in [0, 0.05) is 37.1 Å². The van der Waals surface area contributed by atoms with E-state index < -0.39 is 0 Å². The molecule has 4 rings (SSSR count). The topological polar surface area (TPSA) is 101 Å². The molecule has 1 aromatic carbocycles. The van der Waals surface area contributed by atoms with Crippen LogP contribution in [0, 0.1) is 0 Å². The van der Waals surface area contributed by atoms with Gasteiger partial charge in [0.1, 0.15) is 5.01 Å². The molecule has 0 bridgehead atoms. The van der Waals surface area contributed by atoms with E-state index in [1.54, 1.807) is 24.3 Å². The zero-order valence-corrected chi connectivity index (χ0v) is 15.0. The number of hydrogen-bond acceptors (Lipinski definition) is 6. The lowest BCUT2D eigenvalue weighted by molar-refractivity contribution is -0.116. The Labute approximate surface area is 153 Å². The highest BCUT2D eigenvalue weighted by Gasteiger charge is 2.30. The molecule has 1 aliphatic carbocycles. The van der Waals surface area contributed by atoms with Crippen molar-refractivity contribution in [2.45, 2.75) is 38.5 Å². The first-order valence-electron chi connectivity index (χ1n) is 8.47. The summed E-state index contributed by atoms with van der Waals surface area (Å²) in [4.78, 5) is 23.9. The van der Waals surface area contributed by atoms with Gasteiger partial charge in [0.2, 0.25) is 16.8 Å². The van der Waals surface area contributed by atoms with E-state index in [1.807, 2.05) is 4.52 Å². The van der Waals surface area contributed by atoms with Gasteiger partial charge in [-0.25, -0.2) is 0 Å². The molecular weight excluding hydrogens is 352 g/mol. The third kappa shape index (κ3) is 3.72. The van der Waals surface area contributed by atoms with Crippen molar-refractivity contribution >= 4 is 39.5 Å². The minimum atomic E-state index is -0.128. The Hall–Kier alpha value is -2.81. The molecule has 1 fully saturated rings. The predicted octanol–water partition coefficient (Wildman–Crippen LogP) is 2.59. The minimum absolute atomic E-state index is 0.0781. The molecule has 0 unspecified atom stereocenters. The van der Waals surface area contributed by atoms with E-state index in [2.05, 4.69) is 25.9 Å².